The molecule has 0 unspecified atom stereocenters. The van der Waals surface area contributed by atoms with Crippen molar-refractivity contribution in [2.45, 2.75) is 0 Å². The molecule has 4 rings (SSSR count). The normalized spacial score (nSPS) is 11.1. The van der Waals surface area contributed by atoms with Crippen molar-refractivity contribution in [3.05, 3.63) is 85.5 Å². The summed E-state index contributed by atoms with van der Waals surface area (Å²) in [6, 6.07) is 13.3. The quantitative estimate of drug-likeness (QED) is 0.234. The third-order valence-corrected chi connectivity index (χ3v) is 5.69. The van der Waals surface area contributed by atoms with Crippen LogP contribution < -0.4 is 10.2 Å². The van der Waals surface area contributed by atoms with Gasteiger partial charge < -0.3 is 9.15 Å². The van der Waals surface area contributed by atoms with Crippen molar-refractivity contribution in [1.82, 2.24) is 5.43 Å². The van der Waals surface area contributed by atoms with Gasteiger partial charge in [-0.05, 0) is 30.3 Å². The van der Waals surface area contributed by atoms with E-state index in [0.29, 0.717) is 33.1 Å². The predicted octanol–water partition coefficient (Wildman–Crippen LogP) is 4.75. The zero-order valence-corrected chi connectivity index (χ0v) is 17.7. The van der Waals surface area contributed by atoms with E-state index >= 15 is 0 Å². The van der Waals surface area contributed by atoms with Gasteiger partial charge in [0.05, 0.1) is 33.6 Å². The van der Waals surface area contributed by atoms with Crippen LogP contribution in [0.1, 0.15) is 15.4 Å². The lowest BCUT2D eigenvalue weighted by Crippen LogP contribution is -2.15. The third kappa shape index (κ3) is 4.55. The third-order valence-electron chi connectivity index (χ3n) is 4.58. The van der Waals surface area contributed by atoms with Crippen molar-refractivity contribution in [3.8, 4) is 17.1 Å². The Balaban J connectivity index is 1.48. The van der Waals surface area contributed by atoms with Crippen molar-refractivity contribution in [2.75, 3.05) is 7.11 Å². The second-order valence-electron chi connectivity index (χ2n) is 6.63. The number of furan rings is 1. The van der Waals surface area contributed by atoms with Crippen LogP contribution in [-0.4, -0.2) is 29.1 Å². The predicted molar refractivity (Wildman–Crippen MR) is 121 cm³/mol. The Morgan fingerprint density at radius 1 is 1.06 bits per heavy atom. The molecule has 0 atom stereocenters. The van der Waals surface area contributed by atoms with Gasteiger partial charge in [0, 0.05) is 34.4 Å². The summed E-state index contributed by atoms with van der Waals surface area (Å²) in [6.07, 6.45) is 1.28. The molecule has 4 aromatic rings. The number of carbonyl (C=O) groups excluding carboxylic acids is 1. The molecule has 12 heteroatoms. The molecule has 11 nitrogen and oxygen atoms in total. The Hall–Kier alpha value is -4.58. The maximum atomic E-state index is 12.4. The first-order valence-electron chi connectivity index (χ1n) is 9.30. The molecule has 2 aromatic heterocycles. The number of hydrogen-bond acceptors (Lipinski definition) is 9. The Bertz CT molecular complexity index is 1420. The van der Waals surface area contributed by atoms with Crippen LogP contribution in [0.5, 0.6) is 5.75 Å². The summed E-state index contributed by atoms with van der Waals surface area (Å²) in [6.45, 7) is 0. The SMILES string of the molecule is COc1ccc([N+](=O)[O-])cc1-c1ccc(/C=N\NC(=O)c2cc3cc([N+](=O)[O-])ccc3s2)o1. The first-order valence-corrected chi connectivity index (χ1v) is 10.1. The van der Waals surface area contributed by atoms with E-state index in [9.17, 15) is 25.0 Å². The largest absolute Gasteiger partial charge is 0.496 e. The molecular formula is C21H14N4O7S. The standard InChI is InChI=1S/C21H14N4O7S/c1-31-17-5-2-14(25(29)30)10-16(17)18-6-4-15(32-18)11-22-23-21(26)20-9-12-8-13(24(27)28)3-7-19(12)33-20/h2-11H,1H3,(H,23,26)/b22-11-. The van der Waals surface area contributed by atoms with Gasteiger partial charge in [0.25, 0.3) is 17.3 Å². The lowest BCUT2D eigenvalue weighted by atomic mass is 10.1. The van der Waals surface area contributed by atoms with E-state index in [1.165, 1.54) is 55.0 Å². The number of hydrazone groups is 1. The van der Waals surface area contributed by atoms with Crippen molar-refractivity contribution in [1.29, 1.82) is 0 Å². The van der Waals surface area contributed by atoms with E-state index in [1.54, 1.807) is 24.3 Å². The van der Waals surface area contributed by atoms with Gasteiger partial charge in [-0.15, -0.1) is 11.3 Å². The highest BCUT2D eigenvalue weighted by Gasteiger charge is 2.16. The maximum Gasteiger partial charge on any atom is 0.281 e. The minimum Gasteiger partial charge on any atom is -0.496 e. The second-order valence-corrected chi connectivity index (χ2v) is 7.72. The summed E-state index contributed by atoms with van der Waals surface area (Å²) in [5.41, 5.74) is 2.60. The average molecular weight is 466 g/mol. The number of nitrogens with one attached hydrogen (secondary N) is 1. The number of nitrogens with zero attached hydrogens (tertiary/aromatic N) is 3. The monoisotopic (exact) mass is 466 g/mol. The van der Waals surface area contributed by atoms with Crippen LogP contribution >= 0.6 is 11.3 Å². The van der Waals surface area contributed by atoms with Crippen LogP contribution in [-0.2, 0) is 0 Å². The van der Waals surface area contributed by atoms with Gasteiger partial charge in [-0.2, -0.15) is 5.10 Å². The summed E-state index contributed by atoms with van der Waals surface area (Å²) in [5.74, 6) is 0.541. The van der Waals surface area contributed by atoms with Gasteiger partial charge in [0.15, 0.2) is 0 Å². The molecule has 1 amide bonds. The fourth-order valence-corrected chi connectivity index (χ4v) is 3.97. The average Bonchev–Trinajstić information content (AvgIpc) is 3.45. The number of carbonyl (C=O) groups is 1. The number of rotatable bonds is 7. The molecule has 2 aromatic carbocycles. The second kappa shape index (κ2) is 8.88. The highest BCUT2D eigenvalue weighted by Crippen LogP contribution is 2.34. The Morgan fingerprint density at radius 3 is 2.52 bits per heavy atom. The van der Waals surface area contributed by atoms with Crippen LogP contribution in [0, 0.1) is 20.2 Å². The van der Waals surface area contributed by atoms with Crippen molar-refractivity contribution >= 4 is 44.9 Å². The number of methoxy groups -OCH3 is 1. The van der Waals surface area contributed by atoms with Crippen LogP contribution in [0.2, 0.25) is 0 Å². The molecular weight excluding hydrogens is 452 g/mol. The summed E-state index contributed by atoms with van der Waals surface area (Å²) in [7, 11) is 1.44. The summed E-state index contributed by atoms with van der Waals surface area (Å²) in [5, 5.41) is 26.4. The molecule has 2 heterocycles. The molecule has 0 radical (unpaired) electrons. The van der Waals surface area contributed by atoms with Crippen LogP contribution in [0.25, 0.3) is 21.4 Å². The Kier molecular flexibility index (Phi) is 5.83. The molecule has 1 N–H and O–H groups in total. The Morgan fingerprint density at radius 2 is 1.79 bits per heavy atom. The fraction of sp³-hybridized carbons (Fsp3) is 0.0476. The number of hydrogen-bond donors (Lipinski definition) is 1. The van der Waals surface area contributed by atoms with Gasteiger partial charge in [-0.1, -0.05) is 0 Å². The van der Waals surface area contributed by atoms with Gasteiger partial charge >= 0.3 is 0 Å². The zero-order chi connectivity index (χ0) is 23.5. The smallest absolute Gasteiger partial charge is 0.281 e. The van der Waals surface area contributed by atoms with Crippen molar-refractivity contribution < 1.29 is 23.8 Å². The summed E-state index contributed by atoms with van der Waals surface area (Å²) < 4.78 is 11.6. The van der Waals surface area contributed by atoms with Crippen LogP contribution in [0.15, 0.2) is 64.1 Å². The molecule has 0 saturated carbocycles. The molecule has 0 aliphatic heterocycles. The number of ether oxygens (including phenoxy) is 1. The van der Waals surface area contributed by atoms with Gasteiger partial charge in [-0.3, -0.25) is 25.0 Å². The minimum atomic E-state index is -0.518. The summed E-state index contributed by atoms with van der Waals surface area (Å²) in [4.78, 5) is 33.7. The molecule has 0 spiro atoms. The molecule has 0 fully saturated rings. The van der Waals surface area contributed by atoms with E-state index in [0.717, 1.165) is 4.70 Å². The number of nitro groups is 2. The van der Waals surface area contributed by atoms with E-state index < -0.39 is 15.8 Å². The van der Waals surface area contributed by atoms with Gasteiger partial charge in [-0.25, -0.2) is 5.43 Å². The van der Waals surface area contributed by atoms with Crippen molar-refractivity contribution in [3.63, 3.8) is 0 Å². The van der Waals surface area contributed by atoms with E-state index in [4.69, 9.17) is 9.15 Å². The highest BCUT2D eigenvalue weighted by atomic mass is 32.1. The lowest BCUT2D eigenvalue weighted by molar-refractivity contribution is -0.385. The first kappa shape index (κ1) is 21.6. The fourth-order valence-electron chi connectivity index (χ4n) is 3.03. The number of non-ortho nitro benzene ring substituents is 2. The van der Waals surface area contributed by atoms with E-state index in [1.807, 2.05) is 0 Å². The highest BCUT2D eigenvalue weighted by molar-refractivity contribution is 7.20. The zero-order valence-electron chi connectivity index (χ0n) is 16.9. The molecule has 0 aliphatic carbocycles. The molecule has 33 heavy (non-hydrogen) atoms. The number of thiophene rings is 1. The number of amides is 1. The van der Waals surface area contributed by atoms with Crippen molar-refractivity contribution in [2.24, 2.45) is 5.10 Å². The lowest BCUT2D eigenvalue weighted by Gasteiger charge is -2.05. The van der Waals surface area contributed by atoms with E-state index in [2.05, 4.69) is 10.5 Å². The maximum absolute atomic E-state index is 12.4. The van der Waals surface area contributed by atoms with Crippen LogP contribution in [0.3, 0.4) is 0 Å². The van der Waals surface area contributed by atoms with Crippen LogP contribution in [0.4, 0.5) is 11.4 Å². The molecule has 0 bridgehead atoms. The van der Waals surface area contributed by atoms with E-state index in [-0.39, 0.29) is 11.4 Å². The number of benzene rings is 2. The number of nitro benzene ring substituents is 2. The molecule has 0 saturated heterocycles. The first-order chi connectivity index (χ1) is 15.9. The molecule has 0 aliphatic rings. The Labute approximate surface area is 189 Å². The topological polar surface area (TPSA) is 150 Å². The minimum absolute atomic E-state index is 0.0562. The van der Waals surface area contributed by atoms with Gasteiger partial charge in [0.1, 0.15) is 17.3 Å². The molecule has 166 valence electrons. The summed E-state index contributed by atoms with van der Waals surface area (Å²) >= 11 is 1.18. The van der Waals surface area contributed by atoms with Gasteiger partial charge in [0.2, 0.25) is 0 Å². The number of fused-ring (bicyclic) bond motifs is 1.